The highest BCUT2D eigenvalue weighted by molar-refractivity contribution is 5.98. The number of nitrogens with two attached hydrogens (primary N) is 1. The summed E-state index contributed by atoms with van der Waals surface area (Å²) in [5, 5.41) is 0. The van der Waals surface area contributed by atoms with Gasteiger partial charge >= 0.3 is 0 Å². The molecule has 0 saturated carbocycles. The fourth-order valence-corrected chi connectivity index (χ4v) is 3.32. The van der Waals surface area contributed by atoms with E-state index in [4.69, 9.17) is 10.5 Å². The first-order valence-electron chi connectivity index (χ1n) is 8.47. The zero-order valence-electron chi connectivity index (χ0n) is 14.7. The van der Waals surface area contributed by atoms with E-state index in [1.54, 1.807) is 19.5 Å². The van der Waals surface area contributed by atoms with E-state index in [-0.39, 0.29) is 0 Å². The van der Waals surface area contributed by atoms with Gasteiger partial charge in [0, 0.05) is 44.6 Å². The summed E-state index contributed by atoms with van der Waals surface area (Å²) >= 11 is 0. The number of aromatic nitrogens is 1. The smallest absolute Gasteiger partial charge is 0.252 e. The standard InChI is InChI=1S/C19H24N4O2/c1-14(15-4-3-5-16(12-15)25-2)22-8-10-23(11-9-22)18-6-7-21-13-17(18)19(20)24/h3-7,12-14H,8-11H2,1-2H3,(H2,20,24)/t14-/m0/s1. The van der Waals surface area contributed by atoms with Crippen LogP contribution in [0.1, 0.15) is 28.9 Å². The second kappa shape index (κ2) is 7.53. The number of amides is 1. The second-order valence-corrected chi connectivity index (χ2v) is 6.23. The first kappa shape index (κ1) is 17.2. The molecule has 2 heterocycles. The monoisotopic (exact) mass is 340 g/mol. The molecule has 0 spiro atoms. The van der Waals surface area contributed by atoms with Crippen LogP contribution in [0, 0.1) is 0 Å². The summed E-state index contributed by atoms with van der Waals surface area (Å²) in [6.45, 7) is 5.74. The molecule has 0 unspecified atom stereocenters. The van der Waals surface area contributed by atoms with Gasteiger partial charge in [-0.05, 0) is 30.7 Å². The van der Waals surface area contributed by atoms with Gasteiger partial charge in [-0.25, -0.2) is 0 Å². The van der Waals surface area contributed by atoms with Crippen LogP contribution in [0.25, 0.3) is 0 Å². The number of carbonyl (C=O) groups excluding carboxylic acids is 1. The molecule has 6 nitrogen and oxygen atoms in total. The first-order chi connectivity index (χ1) is 12.1. The Kier molecular flexibility index (Phi) is 5.19. The molecule has 1 saturated heterocycles. The molecule has 1 aromatic heterocycles. The Hall–Kier alpha value is -2.60. The number of primary amides is 1. The summed E-state index contributed by atoms with van der Waals surface area (Å²) < 4.78 is 5.33. The van der Waals surface area contributed by atoms with Crippen LogP contribution in [0.4, 0.5) is 5.69 Å². The number of methoxy groups -OCH3 is 1. The molecule has 1 aromatic carbocycles. The highest BCUT2D eigenvalue weighted by atomic mass is 16.5. The van der Waals surface area contributed by atoms with Gasteiger partial charge < -0.3 is 15.4 Å². The highest BCUT2D eigenvalue weighted by Gasteiger charge is 2.24. The minimum Gasteiger partial charge on any atom is -0.497 e. The van der Waals surface area contributed by atoms with Crippen molar-refractivity contribution in [3.8, 4) is 5.75 Å². The van der Waals surface area contributed by atoms with Gasteiger partial charge in [0.1, 0.15) is 5.75 Å². The number of nitrogens with zero attached hydrogens (tertiary/aromatic N) is 3. The lowest BCUT2D eigenvalue weighted by Crippen LogP contribution is -2.47. The summed E-state index contributed by atoms with van der Waals surface area (Å²) in [4.78, 5) is 20.3. The number of hydrogen-bond acceptors (Lipinski definition) is 5. The maximum atomic E-state index is 11.6. The van der Waals surface area contributed by atoms with Crippen LogP contribution in [0.3, 0.4) is 0 Å². The molecular weight excluding hydrogens is 316 g/mol. The number of benzene rings is 1. The summed E-state index contributed by atoms with van der Waals surface area (Å²) in [5.74, 6) is 0.446. The van der Waals surface area contributed by atoms with Crippen molar-refractivity contribution in [2.24, 2.45) is 5.73 Å². The third-order valence-electron chi connectivity index (χ3n) is 4.84. The maximum Gasteiger partial charge on any atom is 0.252 e. The van der Waals surface area contributed by atoms with Crippen molar-refractivity contribution in [3.05, 3.63) is 53.9 Å². The topological polar surface area (TPSA) is 71.7 Å². The van der Waals surface area contributed by atoms with Gasteiger partial charge in [0.15, 0.2) is 0 Å². The summed E-state index contributed by atoms with van der Waals surface area (Å²) in [5.41, 5.74) is 8.07. The average Bonchev–Trinajstić information content (AvgIpc) is 2.67. The molecule has 1 amide bonds. The van der Waals surface area contributed by atoms with Gasteiger partial charge in [0.25, 0.3) is 5.91 Å². The molecule has 6 heteroatoms. The van der Waals surface area contributed by atoms with E-state index in [1.165, 1.54) is 5.56 Å². The molecule has 1 fully saturated rings. The third kappa shape index (κ3) is 3.74. The first-order valence-corrected chi connectivity index (χ1v) is 8.47. The summed E-state index contributed by atoms with van der Waals surface area (Å²) in [6, 6.07) is 10.4. The average molecular weight is 340 g/mol. The van der Waals surface area contributed by atoms with Crippen molar-refractivity contribution in [2.45, 2.75) is 13.0 Å². The van der Waals surface area contributed by atoms with Gasteiger partial charge in [-0.2, -0.15) is 0 Å². The van der Waals surface area contributed by atoms with Gasteiger partial charge in [-0.1, -0.05) is 12.1 Å². The van der Waals surface area contributed by atoms with E-state index in [0.717, 1.165) is 37.6 Å². The summed E-state index contributed by atoms with van der Waals surface area (Å²) in [6.07, 6.45) is 3.25. The largest absolute Gasteiger partial charge is 0.497 e. The van der Waals surface area contributed by atoms with E-state index in [0.29, 0.717) is 11.6 Å². The zero-order chi connectivity index (χ0) is 17.8. The predicted molar refractivity (Wildman–Crippen MR) is 97.9 cm³/mol. The van der Waals surface area contributed by atoms with Crippen molar-refractivity contribution in [1.82, 2.24) is 9.88 Å². The van der Waals surface area contributed by atoms with Crippen LogP contribution in [0.5, 0.6) is 5.75 Å². The Morgan fingerprint density at radius 3 is 2.68 bits per heavy atom. The minimum atomic E-state index is -0.435. The number of anilines is 1. The van der Waals surface area contributed by atoms with Crippen LogP contribution >= 0.6 is 0 Å². The molecule has 1 aliphatic rings. The van der Waals surface area contributed by atoms with E-state index in [9.17, 15) is 4.79 Å². The molecule has 0 bridgehead atoms. The normalized spacial score (nSPS) is 16.5. The molecule has 0 aliphatic carbocycles. The van der Waals surface area contributed by atoms with Gasteiger partial charge in [-0.3, -0.25) is 14.7 Å². The van der Waals surface area contributed by atoms with Crippen molar-refractivity contribution in [2.75, 3.05) is 38.2 Å². The number of rotatable bonds is 5. The minimum absolute atomic E-state index is 0.310. The SMILES string of the molecule is COc1cccc([C@H](C)N2CCN(c3ccncc3C(N)=O)CC2)c1. The fourth-order valence-electron chi connectivity index (χ4n) is 3.32. The fraction of sp³-hybridized carbons (Fsp3) is 0.368. The zero-order valence-corrected chi connectivity index (χ0v) is 14.7. The molecule has 2 N–H and O–H groups in total. The maximum absolute atomic E-state index is 11.6. The van der Waals surface area contributed by atoms with Crippen LogP contribution < -0.4 is 15.4 Å². The van der Waals surface area contributed by atoms with E-state index < -0.39 is 5.91 Å². The number of hydrogen-bond donors (Lipinski definition) is 1. The highest BCUT2D eigenvalue weighted by Crippen LogP contribution is 2.27. The quantitative estimate of drug-likeness (QED) is 0.902. The van der Waals surface area contributed by atoms with Crippen LogP contribution in [0.15, 0.2) is 42.7 Å². The lowest BCUT2D eigenvalue weighted by molar-refractivity contribution is 0.1000. The van der Waals surface area contributed by atoms with Crippen LogP contribution in [-0.2, 0) is 0 Å². The molecule has 2 aromatic rings. The Bertz CT molecular complexity index is 742. The van der Waals surface area contributed by atoms with Gasteiger partial charge in [0.2, 0.25) is 0 Å². The van der Waals surface area contributed by atoms with E-state index in [1.807, 2.05) is 18.2 Å². The van der Waals surface area contributed by atoms with Crippen molar-refractivity contribution < 1.29 is 9.53 Å². The van der Waals surface area contributed by atoms with E-state index in [2.05, 4.69) is 33.8 Å². The lowest BCUT2D eigenvalue weighted by Gasteiger charge is -2.39. The third-order valence-corrected chi connectivity index (χ3v) is 4.84. The molecule has 25 heavy (non-hydrogen) atoms. The molecule has 3 rings (SSSR count). The lowest BCUT2D eigenvalue weighted by atomic mass is 10.1. The van der Waals surface area contributed by atoms with Gasteiger partial charge in [0.05, 0.1) is 18.4 Å². The van der Waals surface area contributed by atoms with Crippen molar-refractivity contribution in [3.63, 3.8) is 0 Å². The molecule has 132 valence electrons. The predicted octanol–water partition coefficient (Wildman–Crippen LogP) is 2.07. The Balaban J connectivity index is 1.68. The van der Waals surface area contributed by atoms with Gasteiger partial charge in [-0.15, -0.1) is 0 Å². The molecular formula is C19H24N4O2. The van der Waals surface area contributed by atoms with Crippen LogP contribution in [0.2, 0.25) is 0 Å². The van der Waals surface area contributed by atoms with Crippen molar-refractivity contribution in [1.29, 1.82) is 0 Å². The molecule has 1 aliphatic heterocycles. The number of piperazine rings is 1. The Labute approximate surface area is 148 Å². The summed E-state index contributed by atoms with van der Waals surface area (Å²) in [7, 11) is 1.69. The molecule has 1 atom stereocenters. The second-order valence-electron chi connectivity index (χ2n) is 6.23. The van der Waals surface area contributed by atoms with Crippen LogP contribution in [-0.4, -0.2) is 49.1 Å². The Morgan fingerprint density at radius 1 is 1.24 bits per heavy atom. The molecule has 0 radical (unpaired) electrons. The van der Waals surface area contributed by atoms with E-state index >= 15 is 0 Å². The number of pyridine rings is 1. The Morgan fingerprint density at radius 2 is 2.00 bits per heavy atom. The number of carbonyl (C=O) groups is 1. The van der Waals surface area contributed by atoms with Crippen molar-refractivity contribution >= 4 is 11.6 Å². The number of ether oxygens (including phenoxy) is 1.